The second kappa shape index (κ2) is 7.51. The third-order valence-corrected chi connectivity index (χ3v) is 4.60. The van der Waals surface area contributed by atoms with Crippen molar-refractivity contribution in [2.45, 2.75) is 38.8 Å². The number of carbonyl (C=O) groups excluding carboxylic acids is 2. The molecule has 2 amide bonds. The van der Waals surface area contributed by atoms with E-state index < -0.39 is 6.04 Å². The average Bonchev–Trinajstić information content (AvgIpc) is 3.46. The quantitative estimate of drug-likeness (QED) is 0.849. The van der Waals surface area contributed by atoms with E-state index in [9.17, 15) is 9.59 Å². The fourth-order valence-corrected chi connectivity index (χ4v) is 2.89. The Labute approximate surface area is 148 Å². The van der Waals surface area contributed by atoms with Crippen LogP contribution in [0.5, 0.6) is 0 Å². The molecule has 0 bridgehead atoms. The van der Waals surface area contributed by atoms with Crippen molar-refractivity contribution in [1.29, 1.82) is 0 Å². The van der Waals surface area contributed by atoms with Gasteiger partial charge in [0.2, 0.25) is 5.91 Å². The van der Waals surface area contributed by atoms with Crippen LogP contribution in [0.4, 0.5) is 0 Å². The molecule has 0 saturated heterocycles. The molecule has 1 saturated carbocycles. The Kier molecular flexibility index (Phi) is 5.17. The van der Waals surface area contributed by atoms with Gasteiger partial charge in [0.25, 0.3) is 5.91 Å². The number of hydrogen-bond acceptors (Lipinski definition) is 2. The van der Waals surface area contributed by atoms with E-state index in [4.69, 9.17) is 0 Å². The highest BCUT2D eigenvalue weighted by molar-refractivity contribution is 5.97. The molecule has 1 aliphatic carbocycles. The Morgan fingerprint density at radius 3 is 2.20 bits per heavy atom. The van der Waals surface area contributed by atoms with Crippen molar-refractivity contribution in [1.82, 2.24) is 10.6 Å². The second-order valence-electron chi connectivity index (χ2n) is 6.80. The lowest BCUT2D eigenvalue weighted by Gasteiger charge is -2.22. The lowest BCUT2D eigenvalue weighted by molar-refractivity contribution is -0.123. The number of amides is 2. The van der Waals surface area contributed by atoms with Gasteiger partial charge in [-0.25, -0.2) is 0 Å². The normalized spacial score (nSPS) is 15.9. The number of rotatable bonds is 6. The SMILES string of the molecule is Cc1ccc(C(NC(=O)C(C)NC(=O)c2ccccc2)C2CC2)cc1. The van der Waals surface area contributed by atoms with Crippen LogP contribution in [-0.4, -0.2) is 17.9 Å². The summed E-state index contributed by atoms with van der Waals surface area (Å²) < 4.78 is 0. The molecule has 2 aromatic carbocycles. The highest BCUT2D eigenvalue weighted by Crippen LogP contribution is 2.41. The van der Waals surface area contributed by atoms with Crippen molar-refractivity contribution in [3.8, 4) is 0 Å². The zero-order valence-electron chi connectivity index (χ0n) is 14.7. The molecule has 25 heavy (non-hydrogen) atoms. The number of nitrogens with one attached hydrogen (secondary N) is 2. The van der Waals surface area contributed by atoms with Crippen molar-refractivity contribution in [3.05, 3.63) is 71.3 Å². The summed E-state index contributed by atoms with van der Waals surface area (Å²) in [6, 6.07) is 16.7. The highest BCUT2D eigenvalue weighted by atomic mass is 16.2. The van der Waals surface area contributed by atoms with Gasteiger partial charge < -0.3 is 10.6 Å². The maximum atomic E-state index is 12.6. The largest absolute Gasteiger partial charge is 0.347 e. The van der Waals surface area contributed by atoms with Crippen LogP contribution in [-0.2, 0) is 4.79 Å². The van der Waals surface area contributed by atoms with Crippen LogP contribution in [0.2, 0.25) is 0 Å². The summed E-state index contributed by atoms with van der Waals surface area (Å²) in [6.07, 6.45) is 2.26. The van der Waals surface area contributed by atoms with Gasteiger partial charge in [0.05, 0.1) is 6.04 Å². The minimum absolute atomic E-state index is 0.0178. The third kappa shape index (κ3) is 4.47. The van der Waals surface area contributed by atoms with Crippen LogP contribution >= 0.6 is 0 Å². The summed E-state index contributed by atoms with van der Waals surface area (Å²) in [4.78, 5) is 24.8. The number of benzene rings is 2. The van der Waals surface area contributed by atoms with Crippen LogP contribution in [0.3, 0.4) is 0 Å². The van der Waals surface area contributed by atoms with Crippen LogP contribution in [0.1, 0.15) is 47.3 Å². The van der Waals surface area contributed by atoms with E-state index in [1.54, 1.807) is 31.2 Å². The maximum Gasteiger partial charge on any atom is 0.251 e. The predicted octanol–water partition coefficient (Wildman–Crippen LogP) is 3.38. The fourth-order valence-electron chi connectivity index (χ4n) is 2.89. The lowest BCUT2D eigenvalue weighted by Crippen LogP contribution is -2.46. The number of carbonyl (C=O) groups is 2. The zero-order valence-corrected chi connectivity index (χ0v) is 14.7. The van der Waals surface area contributed by atoms with Gasteiger partial charge in [0, 0.05) is 5.56 Å². The minimum atomic E-state index is -0.584. The third-order valence-electron chi connectivity index (χ3n) is 4.60. The monoisotopic (exact) mass is 336 g/mol. The van der Waals surface area contributed by atoms with E-state index in [2.05, 4.69) is 41.8 Å². The molecule has 0 spiro atoms. The lowest BCUT2D eigenvalue weighted by atomic mass is 10.0. The first kappa shape index (κ1) is 17.2. The Morgan fingerprint density at radius 1 is 0.960 bits per heavy atom. The number of aryl methyl sites for hydroxylation is 1. The molecular weight excluding hydrogens is 312 g/mol. The molecule has 1 aliphatic rings. The summed E-state index contributed by atoms with van der Waals surface area (Å²) in [5.41, 5.74) is 2.88. The highest BCUT2D eigenvalue weighted by Gasteiger charge is 2.34. The van der Waals surface area contributed by atoms with E-state index in [0.29, 0.717) is 11.5 Å². The topological polar surface area (TPSA) is 58.2 Å². The molecule has 1 fully saturated rings. The van der Waals surface area contributed by atoms with Crippen LogP contribution in [0.15, 0.2) is 54.6 Å². The Hall–Kier alpha value is -2.62. The van der Waals surface area contributed by atoms with Gasteiger partial charge in [-0.3, -0.25) is 9.59 Å². The van der Waals surface area contributed by atoms with E-state index in [-0.39, 0.29) is 17.9 Å². The molecule has 2 aromatic rings. The van der Waals surface area contributed by atoms with Gasteiger partial charge in [-0.05, 0) is 50.3 Å². The summed E-state index contributed by atoms with van der Waals surface area (Å²) in [6.45, 7) is 3.77. The van der Waals surface area contributed by atoms with Gasteiger partial charge >= 0.3 is 0 Å². The van der Waals surface area contributed by atoms with E-state index in [0.717, 1.165) is 18.4 Å². The predicted molar refractivity (Wildman–Crippen MR) is 98.2 cm³/mol. The summed E-state index contributed by atoms with van der Waals surface area (Å²) in [5.74, 6) is 0.104. The molecule has 2 atom stereocenters. The Balaban J connectivity index is 1.63. The molecule has 0 radical (unpaired) electrons. The fraction of sp³-hybridized carbons (Fsp3) is 0.333. The molecule has 0 aromatic heterocycles. The molecule has 4 nitrogen and oxygen atoms in total. The Bertz CT molecular complexity index is 736. The smallest absolute Gasteiger partial charge is 0.251 e. The number of hydrogen-bond donors (Lipinski definition) is 2. The van der Waals surface area contributed by atoms with Crippen LogP contribution in [0, 0.1) is 12.8 Å². The molecule has 0 heterocycles. The van der Waals surface area contributed by atoms with Crippen molar-refractivity contribution in [2.24, 2.45) is 5.92 Å². The van der Waals surface area contributed by atoms with E-state index in [1.165, 1.54) is 5.56 Å². The van der Waals surface area contributed by atoms with E-state index >= 15 is 0 Å². The standard InChI is InChI=1S/C21H24N2O2/c1-14-8-10-16(11-9-14)19(17-12-13-17)23-20(24)15(2)22-21(25)18-6-4-3-5-7-18/h3-11,15,17,19H,12-13H2,1-2H3,(H,22,25)(H,23,24). The zero-order chi connectivity index (χ0) is 17.8. The van der Waals surface area contributed by atoms with E-state index in [1.807, 2.05) is 6.07 Å². The first-order valence-corrected chi connectivity index (χ1v) is 8.77. The molecule has 4 heteroatoms. The summed E-state index contributed by atoms with van der Waals surface area (Å²) >= 11 is 0. The summed E-state index contributed by atoms with van der Waals surface area (Å²) in [5, 5.41) is 5.89. The van der Waals surface area contributed by atoms with Crippen molar-refractivity contribution >= 4 is 11.8 Å². The molecule has 3 rings (SSSR count). The second-order valence-corrected chi connectivity index (χ2v) is 6.80. The Morgan fingerprint density at radius 2 is 1.60 bits per heavy atom. The van der Waals surface area contributed by atoms with Gasteiger partial charge in [0.15, 0.2) is 0 Å². The van der Waals surface area contributed by atoms with Crippen molar-refractivity contribution in [3.63, 3.8) is 0 Å². The van der Waals surface area contributed by atoms with Gasteiger partial charge in [-0.1, -0.05) is 48.0 Å². The molecule has 0 aliphatic heterocycles. The average molecular weight is 336 g/mol. The van der Waals surface area contributed by atoms with Gasteiger partial charge in [-0.2, -0.15) is 0 Å². The van der Waals surface area contributed by atoms with Crippen molar-refractivity contribution in [2.75, 3.05) is 0 Å². The van der Waals surface area contributed by atoms with Gasteiger partial charge in [0.1, 0.15) is 6.04 Å². The first-order chi connectivity index (χ1) is 12.0. The first-order valence-electron chi connectivity index (χ1n) is 8.77. The minimum Gasteiger partial charge on any atom is -0.347 e. The van der Waals surface area contributed by atoms with Crippen LogP contribution in [0.25, 0.3) is 0 Å². The molecule has 130 valence electrons. The molecular formula is C21H24N2O2. The maximum absolute atomic E-state index is 12.6. The van der Waals surface area contributed by atoms with Gasteiger partial charge in [-0.15, -0.1) is 0 Å². The molecule has 2 N–H and O–H groups in total. The van der Waals surface area contributed by atoms with Crippen LogP contribution < -0.4 is 10.6 Å². The summed E-state index contributed by atoms with van der Waals surface area (Å²) in [7, 11) is 0. The van der Waals surface area contributed by atoms with Crippen molar-refractivity contribution < 1.29 is 9.59 Å². The molecule has 2 unspecified atom stereocenters.